The Balaban J connectivity index is 1.72. The van der Waals surface area contributed by atoms with Crippen LogP contribution in [0, 0.1) is 11.8 Å². The summed E-state index contributed by atoms with van der Waals surface area (Å²) in [6.45, 7) is 13.3. The number of unbranched alkanes of at least 4 members (excludes halogenated alkanes) is 1. The van der Waals surface area contributed by atoms with Crippen molar-refractivity contribution in [3.63, 3.8) is 0 Å². The number of benzene rings is 1. The van der Waals surface area contributed by atoms with Crippen molar-refractivity contribution in [3.8, 4) is 5.75 Å². The largest absolute Gasteiger partial charge is 0.494 e. The Hall–Kier alpha value is -3.34. The average molecular weight is 614 g/mol. The summed E-state index contributed by atoms with van der Waals surface area (Å²) in [4.78, 5) is 51.9. The van der Waals surface area contributed by atoms with Crippen molar-refractivity contribution >= 4 is 28.9 Å². The number of aromatic nitrogens is 2. The topological polar surface area (TPSA) is 106 Å². The zero-order valence-electron chi connectivity index (χ0n) is 27.6. The van der Waals surface area contributed by atoms with Crippen LogP contribution in [0.5, 0.6) is 5.75 Å². The van der Waals surface area contributed by atoms with Crippen LogP contribution in [-0.2, 0) is 20.8 Å². The van der Waals surface area contributed by atoms with E-state index in [2.05, 4.69) is 13.8 Å². The molecule has 11 nitrogen and oxygen atoms in total. The molecule has 2 atom stereocenters. The standard InChI is InChI=1S/C33H51N5O6/c1-23(2)20-38(31(40)29-34-28-26(13-12-14-27(28)43-7)37(29)17-10-11-18-42-6)25-19-24(30(39)35-15-8-9-16-35)21-36(22-25)32(41)44-33(3,4)5/h12-14,23-25H,8-11,15-22H2,1-7H3/t24-,25+/m1/s1. The van der Waals surface area contributed by atoms with Crippen LogP contribution in [0.3, 0.4) is 0 Å². The van der Waals surface area contributed by atoms with E-state index in [1.165, 1.54) is 0 Å². The number of imidazole rings is 1. The van der Waals surface area contributed by atoms with Crippen LogP contribution in [0.25, 0.3) is 11.0 Å². The van der Waals surface area contributed by atoms with Gasteiger partial charge in [0.15, 0.2) is 5.82 Å². The van der Waals surface area contributed by atoms with Gasteiger partial charge in [-0.1, -0.05) is 19.9 Å². The number of hydrogen-bond donors (Lipinski definition) is 0. The highest BCUT2D eigenvalue weighted by atomic mass is 16.6. The zero-order chi connectivity index (χ0) is 32.0. The molecule has 0 spiro atoms. The molecule has 1 aromatic heterocycles. The summed E-state index contributed by atoms with van der Waals surface area (Å²) in [6.07, 6.45) is 3.64. The van der Waals surface area contributed by atoms with Crippen molar-refractivity contribution in [2.24, 2.45) is 11.8 Å². The maximum Gasteiger partial charge on any atom is 0.410 e. The predicted molar refractivity (Wildman–Crippen MR) is 169 cm³/mol. The first-order chi connectivity index (χ1) is 20.9. The molecule has 3 amide bonds. The van der Waals surface area contributed by atoms with Crippen molar-refractivity contribution in [2.75, 3.05) is 53.6 Å². The third kappa shape index (κ3) is 8.02. The molecule has 11 heteroatoms. The summed E-state index contributed by atoms with van der Waals surface area (Å²) >= 11 is 0. The fourth-order valence-corrected chi connectivity index (χ4v) is 6.26. The SMILES string of the molecule is COCCCCn1c(C(=O)N(CC(C)C)[C@H]2C[C@@H](C(=O)N3CCCC3)CN(C(=O)OC(C)(C)C)C2)nc2c(OC)cccc21. The monoisotopic (exact) mass is 613 g/mol. The van der Waals surface area contributed by atoms with Gasteiger partial charge in [-0.05, 0) is 70.9 Å². The Kier molecular flexibility index (Phi) is 11.2. The summed E-state index contributed by atoms with van der Waals surface area (Å²) in [7, 11) is 3.28. The number of methoxy groups -OCH3 is 2. The highest BCUT2D eigenvalue weighted by Crippen LogP contribution is 2.30. The summed E-state index contributed by atoms with van der Waals surface area (Å²) in [6, 6.07) is 5.33. The maximum absolute atomic E-state index is 14.6. The van der Waals surface area contributed by atoms with Gasteiger partial charge in [0.05, 0.1) is 24.6 Å². The first-order valence-electron chi connectivity index (χ1n) is 16.0. The fourth-order valence-electron chi connectivity index (χ4n) is 6.26. The minimum absolute atomic E-state index is 0.0489. The molecule has 244 valence electrons. The van der Waals surface area contributed by atoms with Crippen molar-refractivity contribution in [1.29, 1.82) is 0 Å². The van der Waals surface area contributed by atoms with Crippen LogP contribution < -0.4 is 4.74 Å². The van der Waals surface area contributed by atoms with E-state index in [1.54, 1.807) is 19.1 Å². The van der Waals surface area contributed by atoms with Gasteiger partial charge in [0.2, 0.25) is 5.91 Å². The lowest BCUT2D eigenvalue weighted by molar-refractivity contribution is -0.137. The van der Waals surface area contributed by atoms with Crippen molar-refractivity contribution in [1.82, 2.24) is 24.3 Å². The molecule has 1 aromatic carbocycles. The molecule has 2 aromatic rings. The van der Waals surface area contributed by atoms with Crippen molar-refractivity contribution in [2.45, 2.75) is 84.9 Å². The van der Waals surface area contributed by atoms with Gasteiger partial charge in [0.1, 0.15) is 16.9 Å². The number of rotatable bonds is 11. The lowest BCUT2D eigenvalue weighted by atomic mass is 9.91. The molecule has 2 saturated heterocycles. The molecular weight excluding hydrogens is 562 g/mol. The lowest BCUT2D eigenvalue weighted by Gasteiger charge is -2.43. The van der Waals surface area contributed by atoms with Crippen LogP contribution in [0.4, 0.5) is 4.79 Å². The van der Waals surface area contributed by atoms with Crippen molar-refractivity contribution < 1.29 is 28.6 Å². The van der Waals surface area contributed by atoms with Gasteiger partial charge in [0.25, 0.3) is 5.91 Å². The molecule has 0 bridgehead atoms. The number of piperidine rings is 1. The Morgan fingerprint density at radius 2 is 1.77 bits per heavy atom. The first-order valence-corrected chi connectivity index (χ1v) is 16.0. The minimum Gasteiger partial charge on any atom is -0.494 e. The molecule has 44 heavy (non-hydrogen) atoms. The molecule has 0 N–H and O–H groups in total. The second-order valence-electron chi connectivity index (χ2n) is 13.5. The average Bonchev–Trinajstić information content (AvgIpc) is 3.65. The summed E-state index contributed by atoms with van der Waals surface area (Å²) in [5, 5.41) is 0. The molecule has 2 aliphatic rings. The van der Waals surface area contributed by atoms with Crippen LogP contribution in [0.1, 0.15) is 77.3 Å². The number of amides is 3. The number of carbonyl (C=O) groups is 3. The van der Waals surface area contributed by atoms with Crippen LogP contribution in [0.2, 0.25) is 0 Å². The minimum atomic E-state index is -0.682. The Morgan fingerprint density at radius 3 is 2.41 bits per heavy atom. The van der Waals surface area contributed by atoms with Crippen LogP contribution in [-0.4, -0.2) is 107 Å². The number of carbonyl (C=O) groups excluding carboxylic acids is 3. The third-order valence-electron chi connectivity index (χ3n) is 8.24. The lowest BCUT2D eigenvalue weighted by Crippen LogP contribution is -2.58. The van der Waals surface area contributed by atoms with Crippen LogP contribution in [0.15, 0.2) is 18.2 Å². The Bertz CT molecular complexity index is 1300. The van der Waals surface area contributed by atoms with Gasteiger partial charge in [-0.15, -0.1) is 0 Å². The molecular formula is C33H51N5O6. The molecule has 0 aliphatic carbocycles. The van der Waals surface area contributed by atoms with Gasteiger partial charge >= 0.3 is 6.09 Å². The number of likely N-dealkylation sites (tertiary alicyclic amines) is 2. The van der Waals surface area contributed by atoms with Crippen LogP contribution >= 0.6 is 0 Å². The summed E-state index contributed by atoms with van der Waals surface area (Å²) < 4.78 is 18.6. The van der Waals surface area contributed by atoms with E-state index >= 15 is 0 Å². The number of fused-ring (bicyclic) bond motifs is 1. The fraction of sp³-hybridized carbons (Fsp3) is 0.697. The molecule has 4 rings (SSSR count). The van der Waals surface area contributed by atoms with Gasteiger partial charge in [-0.3, -0.25) is 9.59 Å². The van der Waals surface area contributed by atoms with Gasteiger partial charge in [0, 0.05) is 53.0 Å². The summed E-state index contributed by atoms with van der Waals surface area (Å²) in [5.74, 6) is 0.499. The molecule has 2 fully saturated rings. The number of hydrogen-bond acceptors (Lipinski definition) is 7. The zero-order valence-corrected chi connectivity index (χ0v) is 27.6. The normalized spacial score (nSPS) is 19.1. The van der Waals surface area contributed by atoms with E-state index in [0.29, 0.717) is 43.2 Å². The molecule has 0 saturated carbocycles. The quantitative estimate of drug-likeness (QED) is 0.335. The molecule has 3 heterocycles. The predicted octanol–water partition coefficient (Wildman–Crippen LogP) is 4.82. The second kappa shape index (κ2) is 14.6. The van der Waals surface area contributed by atoms with E-state index in [4.69, 9.17) is 19.2 Å². The Morgan fingerprint density at radius 1 is 1.05 bits per heavy atom. The highest BCUT2D eigenvalue weighted by molar-refractivity contribution is 5.96. The highest BCUT2D eigenvalue weighted by Gasteiger charge is 2.42. The van der Waals surface area contributed by atoms with E-state index < -0.39 is 17.6 Å². The summed E-state index contributed by atoms with van der Waals surface area (Å²) in [5.41, 5.74) is 0.782. The number of nitrogens with zero attached hydrogens (tertiary/aromatic N) is 5. The molecule has 0 radical (unpaired) electrons. The smallest absolute Gasteiger partial charge is 0.410 e. The van der Waals surface area contributed by atoms with Crippen molar-refractivity contribution in [3.05, 3.63) is 24.0 Å². The Labute approximate surface area is 261 Å². The van der Waals surface area contributed by atoms with Gasteiger partial charge in [-0.2, -0.15) is 0 Å². The van der Waals surface area contributed by atoms with E-state index in [1.807, 2.05) is 53.3 Å². The number of para-hydroxylation sites is 1. The third-order valence-corrected chi connectivity index (χ3v) is 8.24. The number of ether oxygens (including phenoxy) is 3. The van der Waals surface area contributed by atoms with Gasteiger partial charge < -0.3 is 33.5 Å². The molecule has 2 aliphatic heterocycles. The first kappa shape index (κ1) is 33.6. The van der Waals surface area contributed by atoms with E-state index in [0.717, 1.165) is 44.3 Å². The van der Waals surface area contributed by atoms with Gasteiger partial charge in [-0.25, -0.2) is 9.78 Å². The maximum atomic E-state index is 14.6. The van der Waals surface area contributed by atoms with E-state index in [9.17, 15) is 14.4 Å². The number of aryl methyl sites for hydroxylation is 1. The molecule has 0 unspecified atom stereocenters. The van der Waals surface area contributed by atoms with E-state index in [-0.39, 0.29) is 36.9 Å². The second-order valence-corrected chi connectivity index (χ2v) is 13.5.